The van der Waals surface area contributed by atoms with Crippen LogP contribution in [0.25, 0.3) is 0 Å². The standard InChI is InChI=1S/C13H15BrFN3OS/c1-19-6-2-5-18-9-16-17-13(18)20-8-10-3-4-12(15)11(14)7-10/h3-4,7,9H,2,5-6,8H2,1H3. The second-order valence-electron chi connectivity index (χ2n) is 4.19. The van der Waals surface area contributed by atoms with Gasteiger partial charge in [-0.1, -0.05) is 17.8 Å². The van der Waals surface area contributed by atoms with E-state index in [9.17, 15) is 4.39 Å². The Bertz CT molecular complexity index is 564. The van der Waals surface area contributed by atoms with Crippen molar-refractivity contribution in [2.75, 3.05) is 13.7 Å². The Hall–Kier alpha value is -0.920. The van der Waals surface area contributed by atoms with Crippen LogP contribution in [-0.2, 0) is 17.0 Å². The fourth-order valence-corrected chi connectivity index (χ4v) is 2.98. The molecule has 1 heterocycles. The van der Waals surface area contributed by atoms with Crippen LogP contribution < -0.4 is 0 Å². The normalized spacial score (nSPS) is 10.9. The van der Waals surface area contributed by atoms with E-state index in [4.69, 9.17) is 4.74 Å². The van der Waals surface area contributed by atoms with Gasteiger partial charge in [0, 0.05) is 26.0 Å². The molecule has 0 aliphatic carbocycles. The lowest BCUT2D eigenvalue weighted by Gasteiger charge is -2.06. The largest absolute Gasteiger partial charge is 0.385 e. The highest BCUT2D eigenvalue weighted by atomic mass is 79.9. The summed E-state index contributed by atoms with van der Waals surface area (Å²) in [7, 11) is 1.69. The van der Waals surface area contributed by atoms with E-state index in [2.05, 4.69) is 26.1 Å². The van der Waals surface area contributed by atoms with E-state index in [0.29, 0.717) is 11.1 Å². The van der Waals surface area contributed by atoms with Gasteiger partial charge in [-0.25, -0.2) is 4.39 Å². The van der Waals surface area contributed by atoms with Gasteiger partial charge in [0.05, 0.1) is 4.47 Å². The Labute approximate surface area is 129 Å². The maximum atomic E-state index is 13.2. The van der Waals surface area contributed by atoms with Gasteiger partial charge in [0.2, 0.25) is 0 Å². The predicted octanol–water partition coefficient (Wildman–Crippen LogP) is 3.51. The van der Waals surface area contributed by atoms with Gasteiger partial charge in [-0.3, -0.25) is 0 Å². The highest BCUT2D eigenvalue weighted by Gasteiger charge is 2.06. The van der Waals surface area contributed by atoms with Crippen LogP contribution in [0.15, 0.2) is 34.2 Å². The second kappa shape index (κ2) is 7.75. The molecule has 0 aliphatic heterocycles. The van der Waals surface area contributed by atoms with E-state index < -0.39 is 0 Å². The van der Waals surface area contributed by atoms with E-state index in [1.54, 1.807) is 37.3 Å². The number of methoxy groups -OCH3 is 1. The van der Waals surface area contributed by atoms with Crippen molar-refractivity contribution in [3.63, 3.8) is 0 Å². The molecule has 0 N–H and O–H groups in total. The average molecular weight is 360 g/mol. The Morgan fingerprint density at radius 1 is 1.45 bits per heavy atom. The third-order valence-corrected chi connectivity index (χ3v) is 4.34. The number of nitrogens with zero attached hydrogens (tertiary/aromatic N) is 3. The van der Waals surface area contributed by atoms with E-state index in [1.165, 1.54) is 6.07 Å². The maximum absolute atomic E-state index is 13.2. The van der Waals surface area contributed by atoms with Gasteiger partial charge in [0.25, 0.3) is 0 Å². The number of halogens is 2. The molecule has 0 unspecified atom stereocenters. The van der Waals surface area contributed by atoms with Crippen molar-refractivity contribution in [1.29, 1.82) is 0 Å². The molecule has 0 saturated heterocycles. The van der Waals surface area contributed by atoms with Gasteiger partial charge >= 0.3 is 0 Å². The molecule has 0 radical (unpaired) electrons. The zero-order valence-electron chi connectivity index (χ0n) is 11.1. The quantitative estimate of drug-likeness (QED) is 0.560. The van der Waals surface area contributed by atoms with Crippen LogP contribution in [0.4, 0.5) is 4.39 Å². The molecule has 0 aliphatic rings. The fourth-order valence-electron chi connectivity index (χ4n) is 1.67. The molecule has 4 nitrogen and oxygen atoms in total. The van der Waals surface area contributed by atoms with Gasteiger partial charge in [-0.2, -0.15) is 0 Å². The summed E-state index contributed by atoms with van der Waals surface area (Å²) in [6, 6.07) is 5.02. The summed E-state index contributed by atoms with van der Waals surface area (Å²) in [5, 5.41) is 8.89. The van der Waals surface area contributed by atoms with Crippen LogP contribution in [0.3, 0.4) is 0 Å². The van der Waals surface area contributed by atoms with Crippen molar-refractivity contribution in [1.82, 2.24) is 14.8 Å². The summed E-state index contributed by atoms with van der Waals surface area (Å²) in [5.74, 6) is 0.475. The topological polar surface area (TPSA) is 39.9 Å². The monoisotopic (exact) mass is 359 g/mol. The first-order valence-corrected chi connectivity index (χ1v) is 7.92. The third kappa shape index (κ3) is 4.29. The summed E-state index contributed by atoms with van der Waals surface area (Å²) in [5.41, 5.74) is 1.04. The molecule has 0 atom stereocenters. The van der Waals surface area contributed by atoms with Crippen molar-refractivity contribution in [3.05, 3.63) is 40.4 Å². The molecule has 108 valence electrons. The minimum Gasteiger partial charge on any atom is -0.385 e. The smallest absolute Gasteiger partial charge is 0.191 e. The molecule has 1 aromatic carbocycles. The van der Waals surface area contributed by atoms with Crippen molar-refractivity contribution >= 4 is 27.7 Å². The van der Waals surface area contributed by atoms with E-state index >= 15 is 0 Å². The van der Waals surface area contributed by atoms with Gasteiger partial charge < -0.3 is 9.30 Å². The van der Waals surface area contributed by atoms with Gasteiger partial charge in [-0.15, -0.1) is 10.2 Å². The first kappa shape index (κ1) is 15.5. The zero-order chi connectivity index (χ0) is 14.4. The Morgan fingerprint density at radius 3 is 3.05 bits per heavy atom. The van der Waals surface area contributed by atoms with Crippen LogP contribution in [0.5, 0.6) is 0 Å². The van der Waals surface area contributed by atoms with Crippen LogP contribution in [0.2, 0.25) is 0 Å². The van der Waals surface area contributed by atoms with Crippen LogP contribution in [0, 0.1) is 5.82 Å². The maximum Gasteiger partial charge on any atom is 0.191 e. The lowest BCUT2D eigenvalue weighted by molar-refractivity contribution is 0.189. The highest BCUT2D eigenvalue weighted by Crippen LogP contribution is 2.24. The number of hydrogen-bond donors (Lipinski definition) is 0. The molecule has 2 aromatic rings. The fraction of sp³-hybridized carbons (Fsp3) is 0.385. The molecule has 0 amide bonds. The Morgan fingerprint density at radius 2 is 2.30 bits per heavy atom. The van der Waals surface area contributed by atoms with Gasteiger partial charge in [0.15, 0.2) is 5.16 Å². The lowest BCUT2D eigenvalue weighted by atomic mass is 10.2. The minimum atomic E-state index is -0.249. The molecular weight excluding hydrogens is 345 g/mol. The summed E-state index contributed by atoms with van der Waals surface area (Å²) < 4.78 is 20.7. The molecule has 0 bridgehead atoms. The Kier molecular flexibility index (Phi) is 6.00. The molecular formula is C13H15BrFN3OS. The number of aryl methyl sites for hydroxylation is 1. The number of thioether (sulfide) groups is 1. The number of rotatable bonds is 7. The van der Waals surface area contributed by atoms with Crippen LogP contribution in [0.1, 0.15) is 12.0 Å². The first-order valence-electron chi connectivity index (χ1n) is 6.14. The van der Waals surface area contributed by atoms with E-state index in [-0.39, 0.29) is 5.82 Å². The predicted molar refractivity (Wildman–Crippen MR) is 80.2 cm³/mol. The lowest BCUT2D eigenvalue weighted by Crippen LogP contribution is -2.02. The van der Waals surface area contributed by atoms with Crippen LogP contribution in [-0.4, -0.2) is 28.5 Å². The van der Waals surface area contributed by atoms with Crippen LogP contribution >= 0.6 is 27.7 Å². The molecule has 0 spiro atoms. The first-order chi connectivity index (χ1) is 9.70. The minimum absolute atomic E-state index is 0.249. The molecule has 2 rings (SSSR count). The second-order valence-corrected chi connectivity index (χ2v) is 5.99. The zero-order valence-corrected chi connectivity index (χ0v) is 13.5. The van der Waals surface area contributed by atoms with E-state index in [0.717, 1.165) is 29.4 Å². The van der Waals surface area contributed by atoms with Gasteiger partial charge in [-0.05, 0) is 40.0 Å². The molecule has 1 aromatic heterocycles. The number of benzene rings is 1. The Balaban J connectivity index is 1.93. The summed E-state index contributed by atoms with van der Waals surface area (Å²) in [4.78, 5) is 0. The summed E-state index contributed by atoms with van der Waals surface area (Å²) in [6.07, 6.45) is 2.64. The number of aromatic nitrogens is 3. The third-order valence-electron chi connectivity index (χ3n) is 2.68. The number of hydrogen-bond acceptors (Lipinski definition) is 4. The summed E-state index contributed by atoms with van der Waals surface area (Å²) in [6.45, 7) is 1.55. The molecule has 7 heteroatoms. The molecule has 0 fully saturated rings. The average Bonchev–Trinajstić information content (AvgIpc) is 2.88. The van der Waals surface area contributed by atoms with Crippen molar-refractivity contribution in [2.45, 2.75) is 23.9 Å². The van der Waals surface area contributed by atoms with Gasteiger partial charge in [0.1, 0.15) is 12.1 Å². The van der Waals surface area contributed by atoms with Crippen molar-refractivity contribution < 1.29 is 9.13 Å². The highest BCUT2D eigenvalue weighted by molar-refractivity contribution is 9.10. The summed E-state index contributed by atoms with van der Waals surface area (Å²) >= 11 is 4.77. The van der Waals surface area contributed by atoms with Crippen molar-refractivity contribution in [2.24, 2.45) is 0 Å². The molecule has 20 heavy (non-hydrogen) atoms. The van der Waals surface area contributed by atoms with E-state index in [1.807, 2.05) is 4.57 Å². The SMILES string of the molecule is COCCCn1cnnc1SCc1ccc(F)c(Br)c1. The number of ether oxygens (including phenoxy) is 1. The molecule has 0 saturated carbocycles. The van der Waals surface area contributed by atoms with Crippen molar-refractivity contribution in [3.8, 4) is 0 Å².